The van der Waals surface area contributed by atoms with Crippen molar-refractivity contribution in [2.45, 2.75) is 76.4 Å². The van der Waals surface area contributed by atoms with Gasteiger partial charge in [0.2, 0.25) is 17.7 Å². The van der Waals surface area contributed by atoms with Gasteiger partial charge in [0.15, 0.2) is 0 Å². The molecule has 2 heterocycles. The lowest BCUT2D eigenvalue weighted by atomic mass is 9.88. The van der Waals surface area contributed by atoms with Crippen molar-refractivity contribution in [3.8, 4) is 0 Å². The zero-order chi connectivity index (χ0) is 20.9. The summed E-state index contributed by atoms with van der Waals surface area (Å²) in [5, 5.41) is 2.99. The molecule has 6 nitrogen and oxygen atoms in total. The van der Waals surface area contributed by atoms with Gasteiger partial charge in [-0.05, 0) is 44.1 Å². The van der Waals surface area contributed by atoms with Crippen molar-refractivity contribution in [1.29, 1.82) is 0 Å². The fourth-order valence-corrected chi connectivity index (χ4v) is 5.27. The van der Waals surface area contributed by atoms with Crippen LogP contribution >= 0.6 is 0 Å². The highest BCUT2D eigenvalue weighted by Crippen LogP contribution is 2.30. The van der Waals surface area contributed by atoms with E-state index in [1.807, 2.05) is 35.2 Å². The molecule has 4 rings (SSSR count). The highest BCUT2D eigenvalue weighted by molar-refractivity contribution is 5.93. The molecule has 162 valence electrons. The first-order valence-electron chi connectivity index (χ1n) is 11.6. The number of carbonyl (C=O) groups is 3. The Morgan fingerprint density at radius 1 is 0.767 bits per heavy atom. The monoisotopic (exact) mass is 411 g/mol. The van der Waals surface area contributed by atoms with Gasteiger partial charge in [-0.2, -0.15) is 0 Å². The van der Waals surface area contributed by atoms with Crippen LogP contribution in [0.2, 0.25) is 0 Å². The number of benzene rings is 1. The zero-order valence-electron chi connectivity index (χ0n) is 17.7. The summed E-state index contributed by atoms with van der Waals surface area (Å²) < 4.78 is 0. The van der Waals surface area contributed by atoms with E-state index in [1.54, 1.807) is 4.90 Å². The first-order valence-corrected chi connectivity index (χ1v) is 11.6. The normalized spacial score (nSPS) is 24.8. The van der Waals surface area contributed by atoms with E-state index in [0.29, 0.717) is 32.5 Å². The van der Waals surface area contributed by atoms with Gasteiger partial charge >= 0.3 is 0 Å². The minimum absolute atomic E-state index is 0.0333. The molecule has 1 aromatic rings. The molecule has 1 aliphatic carbocycles. The Balaban J connectivity index is 1.38. The summed E-state index contributed by atoms with van der Waals surface area (Å²) in [6.45, 7) is 1.74. The van der Waals surface area contributed by atoms with Crippen molar-refractivity contribution in [1.82, 2.24) is 15.1 Å². The third-order valence-corrected chi connectivity index (χ3v) is 6.92. The molecule has 2 aliphatic heterocycles. The minimum Gasteiger partial charge on any atom is -0.350 e. The van der Waals surface area contributed by atoms with E-state index in [2.05, 4.69) is 5.32 Å². The van der Waals surface area contributed by atoms with Crippen molar-refractivity contribution in [2.24, 2.45) is 5.92 Å². The van der Waals surface area contributed by atoms with E-state index in [4.69, 9.17) is 0 Å². The highest BCUT2D eigenvalue weighted by atomic mass is 16.2. The molecule has 0 bridgehead atoms. The molecule has 6 heteroatoms. The molecule has 3 amide bonds. The van der Waals surface area contributed by atoms with Crippen LogP contribution in [-0.2, 0) is 20.9 Å². The Morgan fingerprint density at radius 2 is 1.40 bits per heavy atom. The average Bonchev–Trinajstić information content (AvgIpc) is 3.48. The molecule has 0 radical (unpaired) electrons. The third-order valence-electron chi connectivity index (χ3n) is 6.92. The van der Waals surface area contributed by atoms with Crippen LogP contribution in [0.25, 0.3) is 0 Å². The van der Waals surface area contributed by atoms with Crippen LogP contribution in [0.1, 0.15) is 63.4 Å². The molecule has 1 saturated carbocycles. The Kier molecular flexibility index (Phi) is 6.70. The summed E-state index contributed by atoms with van der Waals surface area (Å²) in [4.78, 5) is 42.9. The maximum atomic E-state index is 13.4. The minimum atomic E-state index is -0.423. The SMILES string of the molecule is O=C(NCc1ccccc1)[C@@H]1CCCN1C(=O)[C@H]1CCCN1C(=O)C1CCCCC1. The molecular weight excluding hydrogens is 378 g/mol. The number of hydrogen-bond donors (Lipinski definition) is 1. The summed E-state index contributed by atoms with van der Waals surface area (Å²) in [7, 11) is 0. The molecular formula is C24H33N3O3. The molecule has 2 atom stereocenters. The molecule has 3 fully saturated rings. The van der Waals surface area contributed by atoms with Gasteiger partial charge in [-0.1, -0.05) is 49.6 Å². The number of nitrogens with zero attached hydrogens (tertiary/aromatic N) is 2. The Bertz CT molecular complexity index is 760. The molecule has 30 heavy (non-hydrogen) atoms. The van der Waals surface area contributed by atoms with Crippen LogP contribution < -0.4 is 5.32 Å². The second-order valence-electron chi connectivity index (χ2n) is 8.92. The summed E-state index contributed by atoms with van der Waals surface area (Å²) >= 11 is 0. The summed E-state index contributed by atoms with van der Waals surface area (Å²) in [5.74, 6) is 0.118. The predicted molar refractivity (Wildman–Crippen MR) is 114 cm³/mol. The average molecular weight is 412 g/mol. The number of hydrogen-bond acceptors (Lipinski definition) is 3. The van der Waals surface area contributed by atoms with Crippen molar-refractivity contribution in [2.75, 3.05) is 13.1 Å². The Hall–Kier alpha value is -2.37. The molecule has 0 unspecified atom stereocenters. The molecule has 2 saturated heterocycles. The van der Waals surface area contributed by atoms with E-state index in [1.165, 1.54) is 6.42 Å². The van der Waals surface area contributed by atoms with E-state index < -0.39 is 6.04 Å². The van der Waals surface area contributed by atoms with Crippen LogP contribution in [0.5, 0.6) is 0 Å². The fourth-order valence-electron chi connectivity index (χ4n) is 5.27. The fraction of sp³-hybridized carbons (Fsp3) is 0.625. The third kappa shape index (κ3) is 4.52. The van der Waals surface area contributed by atoms with Crippen LogP contribution in [0, 0.1) is 5.92 Å². The van der Waals surface area contributed by atoms with Gasteiger partial charge in [0.05, 0.1) is 0 Å². The van der Waals surface area contributed by atoms with Crippen LogP contribution in [-0.4, -0.2) is 52.7 Å². The summed E-state index contributed by atoms with van der Waals surface area (Å²) in [6.07, 6.45) is 8.43. The molecule has 1 aromatic carbocycles. The number of nitrogens with one attached hydrogen (secondary N) is 1. The lowest BCUT2D eigenvalue weighted by molar-refractivity contribution is -0.148. The van der Waals surface area contributed by atoms with Crippen molar-refractivity contribution >= 4 is 17.7 Å². The van der Waals surface area contributed by atoms with Gasteiger partial charge in [0.25, 0.3) is 0 Å². The Labute approximate surface area is 179 Å². The number of likely N-dealkylation sites (tertiary alicyclic amines) is 2. The molecule has 0 aromatic heterocycles. The lowest BCUT2D eigenvalue weighted by Crippen LogP contribution is -2.53. The van der Waals surface area contributed by atoms with E-state index in [0.717, 1.165) is 44.1 Å². The maximum Gasteiger partial charge on any atom is 0.246 e. The largest absolute Gasteiger partial charge is 0.350 e. The second-order valence-corrected chi connectivity index (χ2v) is 8.92. The predicted octanol–water partition coefficient (Wildman–Crippen LogP) is 2.87. The van der Waals surface area contributed by atoms with Gasteiger partial charge in [0, 0.05) is 25.6 Å². The second kappa shape index (κ2) is 9.63. The number of rotatable bonds is 5. The van der Waals surface area contributed by atoms with Crippen molar-refractivity contribution < 1.29 is 14.4 Å². The van der Waals surface area contributed by atoms with E-state index in [-0.39, 0.29) is 29.7 Å². The number of carbonyl (C=O) groups excluding carboxylic acids is 3. The first kappa shape index (κ1) is 20.9. The van der Waals surface area contributed by atoms with Crippen molar-refractivity contribution in [3.05, 3.63) is 35.9 Å². The highest BCUT2D eigenvalue weighted by Gasteiger charge is 2.43. The van der Waals surface area contributed by atoms with Gasteiger partial charge in [-0.3, -0.25) is 14.4 Å². The van der Waals surface area contributed by atoms with Crippen LogP contribution in [0.3, 0.4) is 0 Å². The maximum absolute atomic E-state index is 13.4. The lowest BCUT2D eigenvalue weighted by Gasteiger charge is -2.33. The van der Waals surface area contributed by atoms with Gasteiger partial charge in [0.1, 0.15) is 12.1 Å². The molecule has 1 N–H and O–H groups in total. The summed E-state index contributed by atoms with van der Waals surface area (Å²) in [6, 6.07) is 8.99. The van der Waals surface area contributed by atoms with Crippen molar-refractivity contribution in [3.63, 3.8) is 0 Å². The van der Waals surface area contributed by atoms with E-state index in [9.17, 15) is 14.4 Å². The van der Waals surface area contributed by atoms with E-state index >= 15 is 0 Å². The zero-order valence-corrected chi connectivity index (χ0v) is 17.7. The quantitative estimate of drug-likeness (QED) is 0.810. The molecule has 3 aliphatic rings. The standard InChI is InChI=1S/C24H33N3O3/c28-22(25-17-18-9-3-1-4-10-18)20-13-7-15-26(20)24(30)21-14-8-16-27(21)23(29)19-11-5-2-6-12-19/h1,3-4,9-10,19-21H,2,5-8,11-17H2,(H,25,28)/t20-,21+/m0/s1. The number of amides is 3. The Morgan fingerprint density at radius 3 is 2.10 bits per heavy atom. The summed E-state index contributed by atoms with van der Waals surface area (Å²) in [5.41, 5.74) is 1.04. The van der Waals surface area contributed by atoms with Gasteiger partial charge in [-0.25, -0.2) is 0 Å². The topological polar surface area (TPSA) is 69.7 Å². The van der Waals surface area contributed by atoms with Crippen LogP contribution in [0.4, 0.5) is 0 Å². The smallest absolute Gasteiger partial charge is 0.246 e. The molecule has 0 spiro atoms. The van der Waals surface area contributed by atoms with Gasteiger partial charge < -0.3 is 15.1 Å². The van der Waals surface area contributed by atoms with Crippen LogP contribution in [0.15, 0.2) is 30.3 Å². The first-order chi connectivity index (χ1) is 14.6. The van der Waals surface area contributed by atoms with Gasteiger partial charge in [-0.15, -0.1) is 0 Å².